The molecule has 2 rings (SSSR count). The molecular weight excluding hydrogens is 204 g/mol. The Morgan fingerprint density at radius 3 is 3.06 bits per heavy atom. The fraction of sp³-hybridized carbons (Fsp3) is 0.727. The Labute approximate surface area is 95.3 Å². The van der Waals surface area contributed by atoms with Crippen molar-refractivity contribution < 1.29 is 4.52 Å². The van der Waals surface area contributed by atoms with Gasteiger partial charge in [0.25, 0.3) is 0 Å². The molecule has 0 unspecified atom stereocenters. The van der Waals surface area contributed by atoms with E-state index in [0.717, 1.165) is 37.6 Å². The van der Waals surface area contributed by atoms with Crippen LogP contribution in [0.5, 0.6) is 0 Å². The zero-order chi connectivity index (χ0) is 11.2. The number of hydrogen-bond donors (Lipinski definition) is 1. The quantitative estimate of drug-likeness (QED) is 0.841. The molecule has 5 heteroatoms. The van der Waals surface area contributed by atoms with Gasteiger partial charge in [0.1, 0.15) is 0 Å². The van der Waals surface area contributed by atoms with Crippen LogP contribution in [0.2, 0.25) is 0 Å². The maximum Gasteiger partial charge on any atom is 0.223 e. The fourth-order valence-corrected chi connectivity index (χ4v) is 1.78. The normalized spacial score (nSPS) is 16.7. The average molecular weight is 222 g/mol. The first kappa shape index (κ1) is 11.1. The third kappa shape index (κ3) is 3.32. The predicted molar refractivity (Wildman–Crippen MR) is 61.5 cm³/mol. The minimum atomic E-state index is 0.627. The van der Waals surface area contributed by atoms with Gasteiger partial charge in [-0.2, -0.15) is 4.98 Å². The van der Waals surface area contributed by atoms with Crippen molar-refractivity contribution in [3.05, 3.63) is 11.7 Å². The summed E-state index contributed by atoms with van der Waals surface area (Å²) in [5.74, 6) is 2.53. The Bertz CT molecular complexity index is 359. The van der Waals surface area contributed by atoms with E-state index in [9.17, 15) is 0 Å². The Balaban J connectivity index is 1.73. The molecule has 0 atom stereocenters. The molecule has 1 aromatic heterocycles. The van der Waals surface area contributed by atoms with Gasteiger partial charge in [-0.1, -0.05) is 11.6 Å². The molecule has 0 fully saturated rings. The van der Waals surface area contributed by atoms with Crippen LogP contribution in [0.1, 0.15) is 37.4 Å². The summed E-state index contributed by atoms with van der Waals surface area (Å²) >= 11 is 0. The van der Waals surface area contributed by atoms with Crippen molar-refractivity contribution in [3.63, 3.8) is 0 Å². The van der Waals surface area contributed by atoms with Crippen LogP contribution < -0.4 is 5.32 Å². The van der Waals surface area contributed by atoms with Gasteiger partial charge in [-0.15, -0.1) is 0 Å². The van der Waals surface area contributed by atoms with E-state index in [1.807, 2.05) is 0 Å². The summed E-state index contributed by atoms with van der Waals surface area (Å²) in [6.07, 6.45) is 5.61. The molecule has 0 saturated carbocycles. The Morgan fingerprint density at radius 2 is 2.25 bits per heavy atom. The van der Waals surface area contributed by atoms with E-state index in [0.29, 0.717) is 5.89 Å². The lowest BCUT2D eigenvalue weighted by Crippen LogP contribution is -2.25. The van der Waals surface area contributed by atoms with E-state index in [-0.39, 0.29) is 0 Å². The SMILES string of the molecule is Cc1nc(CCNC2=NCCCCC2)no1. The van der Waals surface area contributed by atoms with Gasteiger partial charge in [-0.3, -0.25) is 4.99 Å². The molecule has 1 aliphatic heterocycles. The van der Waals surface area contributed by atoms with Gasteiger partial charge < -0.3 is 9.84 Å². The fourth-order valence-electron chi connectivity index (χ4n) is 1.78. The summed E-state index contributed by atoms with van der Waals surface area (Å²) in [4.78, 5) is 8.66. The first-order chi connectivity index (χ1) is 7.84. The second-order valence-electron chi connectivity index (χ2n) is 4.05. The zero-order valence-corrected chi connectivity index (χ0v) is 9.70. The zero-order valence-electron chi connectivity index (χ0n) is 9.70. The van der Waals surface area contributed by atoms with Crippen molar-refractivity contribution in [1.29, 1.82) is 0 Å². The van der Waals surface area contributed by atoms with Gasteiger partial charge in [0, 0.05) is 32.9 Å². The lowest BCUT2D eigenvalue weighted by molar-refractivity contribution is 0.387. The highest BCUT2D eigenvalue weighted by atomic mass is 16.5. The van der Waals surface area contributed by atoms with Gasteiger partial charge in [0.2, 0.25) is 5.89 Å². The summed E-state index contributed by atoms with van der Waals surface area (Å²) in [5.41, 5.74) is 0. The van der Waals surface area contributed by atoms with E-state index >= 15 is 0 Å². The van der Waals surface area contributed by atoms with Gasteiger partial charge in [0.05, 0.1) is 5.84 Å². The van der Waals surface area contributed by atoms with Crippen molar-refractivity contribution in [1.82, 2.24) is 15.5 Å². The van der Waals surface area contributed by atoms with E-state index in [2.05, 4.69) is 20.4 Å². The average Bonchev–Trinajstić information content (AvgIpc) is 2.54. The minimum Gasteiger partial charge on any atom is -0.373 e. The maximum atomic E-state index is 4.91. The van der Waals surface area contributed by atoms with Gasteiger partial charge in [-0.05, 0) is 12.8 Å². The summed E-state index contributed by atoms with van der Waals surface area (Å²) in [5, 5.41) is 7.20. The topological polar surface area (TPSA) is 63.3 Å². The highest BCUT2D eigenvalue weighted by Crippen LogP contribution is 2.06. The number of nitrogens with zero attached hydrogens (tertiary/aromatic N) is 3. The molecule has 0 spiro atoms. The number of rotatable bonds is 3. The van der Waals surface area contributed by atoms with Crippen molar-refractivity contribution in [2.24, 2.45) is 4.99 Å². The molecule has 0 amide bonds. The summed E-state index contributed by atoms with van der Waals surface area (Å²) in [7, 11) is 0. The Morgan fingerprint density at radius 1 is 1.31 bits per heavy atom. The van der Waals surface area contributed by atoms with Gasteiger partial charge in [0.15, 0.2) is 5.82 Å². The number of aromatic nitrogens is 2. The molecule has 0 aromatic carbocycles. The second kappa shape index (κ2) is 5.63. The smallest absolute Gasteiger partial charge is 0.223 e. The van der Waals surface area contributed by atoms with Crippen LogP contribution in [0.25, 0.3) is 0 Å². The molecule has 1 aromatic rings. The first-order valence-corrected chi connectivity index (χ1v) is 5.91. The van der Waals surface area contributed by atoms with Crippen LogP contribution in [0.15, 0.2) is 9.52 Å². The summed E-state index contributed by atoms with van der Waals surface area (Å²) < 4.78 is 4.91. The number of amidine groups is 1. The van der Waals surface area contributed by atoms with Crippen LogP contribution in [0.4, 0.5) is 0 Å². The third-order valence-corrected chi connectivity index (χ3v) is 2.62. The molecule has 16 heavy (non-hydrogen) atoms. The monoisotopic (exact) mass is 222 g/mol. The van der Waals surface area contributed by atoms with E-state index in [1.54, 1.807) is 6.92 Å². The van der Waals surface area contributed by atoms with Crippen LogP contribution in [0.3, 0.4) is 0 Å². The Hall–Kier alpha value is -1.39. The van der Waals surface area contributed by atoms with Crippen molar-refractivity contribution >= 4 is 5.84 Å². The number of hydrogen-bond acceptors (Lipinski definition) is 5. The molecule has 88 valence electrons. The number of aryl methyl sites for hydroxylation is 1. The molecular formula is C11H18N4O. The molecule has 0 bridgehead atoms. The van der Waals surface area contributed by atoms with Crippen molar-refractivity contribution in [3.8, 4) is 0 Å². The van der Waals surface area contributed by atoms with Gasteiger partial charge in [-0.25, -0.2) is 0 Å². The minimum absolute atomic E-state index is 0.627. The van der Waals surface area contributed by atoms with Crippen LogP contribution in [-0.2, 0) is 6.42 Å². The largest absolute Gasteiger partial charge is 0.373 e. The predicted octanol–water partition coefficient (Wildman–Crippen LogP) is 1.48. The molecule has 5 nitrogen and oxygen atoms in total. The van der Waals surface area contributed by atoms with Crippen LogP contribution in [0, 0.1) is 6.92 Å². The summed E-state index contributed by atoms with van der Waals surface area (Å²) in [6, 6.07) is 0. The second-order valence-corrected chi connectivity index (χ2v) is 4.05. The first-order valence-electron chi connectivity index (χ1n) is 5.91. The van der Waals surface area contributed by atoms with E-state index in [1.165, 1.54) is 19.3 Å². The van der Waals surface area contributed by atoms with Crippen LogP contribution >= 0.6 is 0 Å². The lowest BCUT2D eigenvalue weighted by Gasteiger charge is -2.06. The number of aliphatic imine (C=N–C) groups is 1. The third-order valence-electron chi connectivity index (χ3n) is 2.62. The van der Waals surface area contributed by atoms with E-state index < -0.39 is 0 Å². The van der Waals surface area contributed by atoms with Crippen molar-refractivity contribution in [2.75, 3.05) is 13.1 Å². The molecule has 2 heterocycles. The highest BCUT2D eigenvalue weighted by Gasteiger charge is 2.05. The molecule has 0 radical (unpaired) electrons. The van der Waals surface area contributed by atoms with Gasteiger partial charge >= 0.3 is 0 Å². The number of nitrogens with one attached hydrogen (secondary N) is 1. The van der Waals surface area contributed by atoms with Crippen LogP contribution in [-0.4, -0.2) is 29.1 Å². The highest BCUT2D eigenvalue weighted by molar-refractivity contribution is 5.82. The molecule has 0 saturated heterocycles. The standard InChI is InChI=1S/C11H18N4O/c1-9-14-11(15-16-9)6-8-13-10-5-3-2-4-7-12-10/h2-8H2,1H3,(H,12,13). The molecule has 0 aliphatic carbocycles. The molecule has 1 N–H and O–H groups in total. The van der Waals surface area contributed by atoms with Crippen molar-refractivity contribution in [2.45, 2.75) is 39.0 Å². The molecule has 1 aliphatic rings. The lowest BCUT2D eigenvalue weighted by atomic mass is 10.2. The van der Waals surface area contributed by atoms with E-state index in [4.69, 9.17) is 4.52 Å². The Kier molecular flexibility index (Phi) is 3.91. The maximum absolute atomic E-state index is 4.91. The summed E-state index contributed by atoms with van der Waals surface area (Å²) in [6.45, 7) is 3.60.